The fourth-order valence-corrected chi connectivity index (χ4v) is 1.34. The topological polar surface area (TPSA) is 75.6 Å². The summed E-state index contributed by atoms with van der Waals surface area (Å²) in [6.45, 7) is 4.90. The van der Waals surface area contributed by atoms with Gasteiger partial charge in [0.2, 0.25) is 0 Å². The van der Waals surface area contributed by atoms with E-state index in [0.717, 1.165) is 5.56 Å². The van der Waals surface area contributed by atoms with Crippen molar-refractivity contribution in [3.05, 3.63) is 29.8 Å². The van der Waals surface area contributed by atoms with Gasteiger partial charge in [0, 0.05) is 0 Å². The number of hydrogen-bond acceptors (Lipinski definition) is 3. The largest absolute Gasteiger partial charge is 0.481 e. The zero-order valence-electron chi connectivity index (χ0n) is 10.6. The van der Waals surface area contributed by atoms with Gasteiger partial charge in [-0.3, -0.25) is 9.59 Å². The van der Waals surface area contributed by atoms with E-state index < -0.39 is 24.0 Å². The highest BCUT2D eigenvalue weighted by molar-refractivity contribution is 5.86. The summed E-state index contributed by atoms with van der Waals surface area (Å²) in [5.41, 5.74) is 1.03. The van der Waals surface area contributed by atoms with Crippen LogP contribution in [0, 0.1) is 6.92 Å². The van der Waals surface area contributed by atoms with Gasteiger partial charge in [-0.25, -0.2) is 0 Å². The number of nitrogens with one attached hydrogen (secondary N) is 1. The number of carboxylic acid groups (broad SMARTS) is 1. The summed E-state index contributed by atoms with van der Waals surface area (Å²) < 4.78 is 5.43. The van der Waals surface area contributed by atoms with Crippen LogP contribution in [-0.4, -0.2) is 29.1 Å². The highest BCUT2D eigenvalue weighted by Crippen LogP contribution is 2.14. The number of carboxylic acids is 1. The monoisotopic (exact) mass is 251 g/mol. The molecule has 5 nitrogen and oxygen atoms in total. The highest BCUT2D eigenvalue weighted by Gasteiger charge is 2.20. The third-order valence-electron chi connectivity index (χ3n) is 2.40. The Morgan fingerprint density at radius 2 is 2.00 bits per heavy atom. The van der Waals surface area contributed by atoms with Crippen molar-refractivity contribution in [2.75, 3.05) is 0 Å². The fourth-order valence-electron chi connectivity index (χ4n) is 1.34. The molecule has 0 spiro atoms. The molecule has 0 fully saturated rings. The first-order valence-corrected chi connectivity index (χ1v) is 5.66. The number of carbonyl (C=O) groups is 2. The van der Waals surface area contributed by atoms with Crippen LogP contribution in [0.5, 0.6) is 5.75 Å². The van der Waals surface area contributed by atoms with Crippen LogP contribution >= 0.6 is 0 Å². The van der Waals surface area contributed by atoms with E-state index >= 15 is 0 Å². The number of ether oxygens (including phenoxy) is 1. The van der Waals surface area contributed by atoms with Crippen molar-refractivity contribution >= 4 is 11.9 Å². The lowest BCUT2D eigenvalue weighted by molar-refractivity contribution is -0.142. The number of benzene rings is 1. The summed E-state index contributed by atoms with van der Waals surface area (Å²) in [5.74, 6) is -0.946. The van der Waals surface area contributed by atoms with Gasteiger partial charge >= 0.3 is 5.97 Å². The van der Waals surface area contributed by atoms with Gasteiger partial charge in [-0.05, 0) is 38.5 Å². The normalized spacial score (nSPS) is 13.5. The number of hydrogen-bond donors (Lipinski definition) is 2. The molecule has 1 aromatic rings. The molecule has 0 aliphatic heterocycles. The van der Waals surface area contributed by atoms with E-state index in [0.29, 0.717) is 5.75 Å². The molecule has 0 bridgehead atoms. The van der Waals surface area contributed by atoms with Gasteiger partial charge in [-0.15, -0.1) is 0 Å². The lowest BCUT2D eigenvalue weighted by atomic mass is 10.2. The summed E-state index contributed by atoms with van der Waals surface area (Å²) in [7, 11) is 0. The van der Waals surface area contributed by atoms with Crippen LogP contribution in [-0.2, 0) is 9.59 Å². The van der Waals surface area contributed by atoms with Crippen LogP contribution < -0.4 is 10.1 Å². The number of aryl methyl sites for hydroxylation is 1. The lowest BCUT2D eigenvalue weighted by Crippen LogP contribution is -2.44. The summed E-state index contributed by atoms with van der Waals surface area (Å²) in [6, 6.07) is 6.38. The molecule has 0 aromatic heterocycles. The van der Waals surface area contributed by atoms with E-state index in [4.69, 9.17) is 9.84 Å². The maximum atomic E-state index is 11.6. The Labute approximate surface area is 106 Å². The molecule has 5 heteroatoms. The molecule has 2 N–H and O–H groups in total. The van der Waals surface area contributed by atoms with Crippen LogP contribution in [0.2, 0.25) is 0 Å². The van der Waals surface area contributed by atoms with Crippen molar-refractivity contribution in [3.63, 3.8) is 0 Å². The second-order valence-electron chi connectivity index (χ2n) is 4.15. The highest BCUT2D eigenvalue weighted by atomic mass is 16.5. The molecular formula is C13H17NO4. The van der Waals surface area contributed by atoms with E-state index in [-0.39, 0.29) is 0 Å². The first-order valence-electron chi connectivity index (χ1n) is 5.66. The summed E-state index contributed by atoms with van der Waals surface area (Å²) in [4.78, 5) is 22.3. The number of rotatable bonds is 5. The minimum Gasteiger partial charge on any atom is -0.481 e. The zero-order valence-corrected chi connectivity index (χ0v) is 10.6. The first kappa shape index (κ1) is 14.0. The van der Waals surface area contributed by atoms with Gasteiger partial charge < -0.3 is 15.2 Å². The minimum atomic E-state index is -1.08. The molecule has 0 aliphatic carbocycles. The lowest BCUT2D eigenvalue weighted by Gasteiger charge is -2.16. The molecule has 0 radical (unpaired) electrons. The molecule has 2 atom stereocenters. The first-order chi connectivity index (χ1) is 8.40. The van der Waals surface area contributed by atoms with Crippen LogP contribution in [0.4, 0.5) is 0 Å². The Kier molecular flexibility index (Phi) is 4.71. The van der Waals surface area contributed by atoms with Gasteiger partial charge in [0.25, 0.3) is 5.91 Å². The fraction of sp³-hybridized carbons (Fsp3) is 0.385. The van der Waals surface area contributed by atoms with Crippen LogP contribution in [0.3, 0.4) is 0 Å². The average Bonchev–Trinajstić information content (AvgIpc) is 2.28. The maximum absolute atomic E-state index is 11.6. The van der Waals surface area contributed by atoms with Crippen molar-refractivity contribution < 1.29 is 19.4 Å². The average molecular weight is 251 g/mol. The Morgan fingerprint density at radius 3 is 2.56 bits per heavy atom. The second-order valence-corrected chi connectivity index (χ2v) is 4.15. The van der Waals surface area contributed by atoms with Crippen molar-refractivity contribution in [2.45, 2.75) is 32.9 Å². The van der Waals surface area contributed by atoms with E-state index in [1.165, 1.54) is 6.92 Å². The van der Waals surface area contributed by atoms with Gasteiger partial charge in [0.15, 0.2) is 6.10 Å². The van der Waals surface area contributed by atoms with E-state index in [2.05, 4.69) is 5.32 Å². The predicted octanol–water partition coefficient (Wildman–Crippen LogP) is 1.35. The quantitative estimate of drug-likeness (QED) is 0.828. The Hall–Kier alpha value is -2.04. The van der Waals surface area contributed by atoms with Crippen molar-refractivity contribution in [1.82, 2.24) is 5.32 Å². The summed E-state index contributed by atoms with van der Waals surface area (Å²) in [6.07, 6.45) is -0.742. The van der Waals surface area contributed by atoms with Gasteiger partial charge in [-0.2, -0.15) is 0 Å². The second kappa shape index (κ2) is 6.05. The Bertz CT molecular complexity index is 444. The molecule has 1 rings (SSSR count). The molecular weight excluding hydrogens is 234 g/mol. The van der Waals surface area contributed by atoms with Gasteiger partial charge in [0.1, 0.15) is 11.8 Å². The van der Waals surface area contributed by atoms with Crippen LogP contribution in [0.1, 0.15) is 19.4 Å². The number of aliphatic carboxylic acids is 1. The Balaban J connectivity index is 2.57. The number of carbonyl (C=O) groups excluding carboxylic acids is 1. The van der Waals surface area contributed by atoms with Crippen LogP contribution in [0.15, 0.2) is 24.3 Å². The molecule has 0 saturated heterocycles. The summed E-state index contributed by atoms with van der Waals surface area (Å²) >= 11 is 0. The number of amides is 1. The zero-order chi connectivity index (χ0) is 13.7. The molecule has 0 heterocycles. The van der Waals surface area contributed by atoms with E-state index in [1.807, 2.05) is 25.1 Å². The molecule has 2 unspecified atom stereocenters. The molecule has 0 aliphatic rings. The predicted molar refractivity (Wildman–Crippen MR) is 66.5 cm³/mol. The third kappa shape index (κ3) is 4.08. The maximum Gasteiger partial charge on any atom is 0.325 e. The molecule has 1 aromatic carbocycles. The molecule has 18 heavy (non-hydrogen) atoms. The van der Waals surface area contributed by atoms with Crippen molar-refractivity contribution in [3.8, 4) is 5.75 Å². The summed E-state index contributed by atoms with van der Waals surface area (Å²) in [5, 5.41) is 11.0. The smallest absolute Gasteiger partial charge is 0.325 e. The Morgan fingerprint density at radius 1 is 1.33 bits per heavy atom. The van der Waals surface area contributed by atoms with E-state index in [9.17, 15) is 9.59 Å². The SMILES string of the molecule is Cc1cccc(OC(C)C(=O)NC(C)C(=O)O)c1. The molecule has 1 amide bonds. The minimum absolute atomic E-state index is 0.452. The van der Waals surface area contributed by atoms with Crippen LogP contribution in [0.25, 0.3) is 0 Å². The molecule has 0 saturated carbocycles. The standard InChI is InChI=1S/C13H17NO4/c1-8-5-4-6-11(7-8)18-10(3)12(15)14-9(2)13(16)17/h4-7,9-10H,1-3H3,(H,14,15)(H,16,17). The van der Waals surface area contributed by atoms with Crippen molar-refractivity contribution in [1.29, 1.82) is 0 Å². The van der Waals surface area contributed by atoms with Gasteiger partial charge in [0.05, 0.1) is 0 Å². The van der Waals surface area contributed by atoms with E-state index in [1.54, 1.807) is 13.0 Å². The molecule has 98 valence electrons. The van der Waals surface area contributed by atoms with Gasteiger partial charge in [-0.1, -0.05) is 12.1 Å². The van der Waals surface area contributed by atoms with Crippen molar-refractivity contribution in [2.24, 2.45) is 0 Å². The third-order valence-corrected chi connectivity index (χ3v) is 2.40.